The van der Waals surface area contributed by atoms with E-state index in [9.17, 15) is 18.0 Å². The highest BCUT2D eigenvalue weighted by atomic mass is 35.5. The lowest BCUT2D eigenvalue weighted by Gasteiger charge is -2.27. The number of benzene rings is 2. The number of rotatable bonds is 9. The van der Waals surface area contributed by atoms with Crippen LogP contribution in [-0.4, -0.2) is 44.3 Å². The number of halogens is 1. The second-order valence-electron chi connectivity index (χ2n) is 8.01. The van der Waals surface area contributed by atoms with Gasteiger partial charge in [0.15, 0.2) is 6.61 Å². The molecule has 0 radical (unpaired) electrons. The van der Waals surface area contributed by atoms with E-state index in [1.54, 1.807) is 13.8 Å². The van der Waals surface area contributed by atoms with Crippen molar-refractivity contribution in [1.29, 1.82) is 0 Å². The first-order chi connectivity index (χ1) is 15.7. The molecular weight excluding hydrogens is 464 g/mol. The minimum atomic E-state index is -3.71. The van der Waals surface area contributed by atoms with Crippen LogP contribution >= 0.6 is 11.6 Å². The van der Waals surface area contributed by atoms with Gasteiger partial charge in [0.25, 0.3) is 5.91 Å². The lowest BCUT2D eigenvalue weighted by molar-refractivity contribution is -0.153. The first-order valence-electron chi connectivity index (χ1n) is 11.1. The molecule has 0 bridgehead atoms. The van der Waals surface area contributed by atoms with Crippen LogP contribution < -0.4 is 5.32 Å². The Kier molecular flexibility index (Phi) is 8.15. The van der Waals surface area contributed by atoms with Gasteiger partial charge in [0, 0.05) is 13.1 Å². The molecule has 1 amide bonds. The van der Waals surface area contributed by atoms with Gasteiger partial charge >= 0.3 is 5.97 Å². The summed E-state index contributed by atoms with van der Waals surface area (Å²) in [5, 5.41) is 2.75. The van der Waals surface area contributed by atoms with Crippen molar-refractivity contribution < 1.29 is 22.7 Å². The summed E-state index contributed by atoms with van der Waals surface area (Å²) >= 11 is 6.18. The topological polar surface area (TPSA) is 92.8 Å². The molecular formula is C24H29ClN2O5S. The number of carbonyl (C=O) groups is 2. The third-order valence-electron chi connectivity index (χ3n) is 6.06. The zero-order valence-corrected chi connectivity index (χ0v) is 20.4. The van der Waals surface area contributed by atoms with Crippen LogP contribution in [0.1, 0.15) is 45.1 Å². The van der Waals surface area contributed by atoms with Crippen molar-refractivity contribution in [2.24, 2.45) is 0 Å². The van der Waals surface area contributed by atoms with Crippen molar-refractivity contribution in [2.75, 3.05) is 25.0 Å². The third-order valence-corrected chi connectivity index (χ3v) is 8.44. The summed E-state index contributed by atoms with van der Waals surface area (Å²) in [4.78, 5) is 25.6. The Hall–Kier alpha value is -2.42. The number of carbonyl (C=O) groups excluding carboxylic acids is 2. The number of nitrogens with one attached hydrogen (secondary N) is 1. The standard InChI is InChI=1S/C24H29ClN2O5S/c1-3-27(4-2)33(30,31)19-12-13-20(25)21(16-19)26-22(28)17-32-23(29)24(14-8-9-15-24)18-10-6-5-7-11-18/h5-7,10-13,16H,3-4,8-9,14-15,17H2,1-2H3,(H,26,28). The van der Waals surface area contributed by atoms with E-state index >= 15 is 0 Å². The number of hydrogen-bond acceptors (Lipinski definition) is 5. The second kappa shape index (κ2) is 10.7. The summed E-state index contributed by atoms with van der Waals surface area (Å²) in [6.07, 6.45) is 3.18. The van der Waals surface area contributed by atoms with Gasteiger partial charge in [-0.3, -0.25) is 9.59 Å². The zero-order chi connectivity index (χ0) is 24.1. The average Bonchev–Trinajstić information content (AvgIpc) is 3.31. The van der Waals surface area contributed by atoms with Crippen LogP contribution in [0.15, 0.2) is 53.4 Å². The molecule has 0 heterocycles. The minimum Gasteiger partial charge on any atom is -0.455 e. The fourth-order valence-electron chi connectivity index (χ4n) is 4.28. The maximum absolute atomic E-state index is 13.0. The Morgan fingerprint density at radius 1 is 1.06 bits per heavy atom. The van der Waals surface area contributed by atoms with Gasteiger partial charge in [-0.2, -0.15) is 4.31 Å². The van der Waals surface area contributed by atoms with E-state index in [4.69, 9.17) is 16.3 Å². The number of ether oxygens (including phenoxy) is 1. The van der Waals surface area contributed by atoms with Crippen LogP contribution in [0.5, 0.6) is 0 Å². The van der Waals surface area contributed by atoms with Gasteiger partial charge in [0.2, 0.25) is 10.0 Å². The van der Waals surface area contributed by atoms with Crippen LogP contribution in [0.3, 0.4) is 0 Å². The minimum absolute atomic E-state index is 0.0249. The molecule has 2 aromatic carbocycles. The lowest BCUT2D eigenvalue weighted by Crippen LogP contribution is -2.36. The zero-order valence-electron chi connectivity index (χ0n) is 18.8. The number of nitrogens with zero attached hydrogens (tertiary/aromatic N) is 1. The highest BCUT2D eigenvalue weighted by Gasteiger charge is 2.44. The molecule has 0 aliphatic heterocycles. The van der Waals surface area contributed by atoms with Crippen molar-refractivity contribution in [1.82, 2.24) is 4.31 Å². The molecule has 1 fully saturated rings. The molecule has 0 saturated heterocycles. The highest BCUT2D eigenvalue weighted by molar-refractivity contribution is 7.89. The lowest BCUT2D eigenvalue weighted by atomic mass is 9.79. The Labute approximate surface area is 200 Å². The molecule has 0 unspecified atom stereocenters. The van der Waals surface area contributed by atoms with Gasteiger partial charge in [-0.15, -0.1) is 0 Å². The van der Waals surface area contributed by atoms with E-state index in [-0.39, 0.29) is 15.6 Å². The predicted molar refractivity (Wildman–Crippen MR) is 128 cm³/mol. The molecule has 1 aliphatic carbocycles. The van der Waals surface area contributed by atoms with Crippen molar-refractivity contribution in [2.45, 2.75) is 49.8 Å². The number of amides is 1. The molecule has 178 valence electrons. The largest absolute Gasteiger partial charge is 0.455 e. The summed E-state index contributed by atoms with van der Waals surface area (Å²) in [7, 11) is -3.71. The monoisotopic (exact) mass is 492 g/mol. The van der Waals surface area contributed by atoms with Gasteiger partial charge in [-0.1, -0.05) is 68.6 Å². The van der Waals surface area contributed by atoms with Gasteiger partial charge in [0.1, 0.15) is 0 Å². The van der Waals surface area contributed by atoms with E-state index < -0.39 is 33.9 Å². The van der Waals surface area contributed by atoms with Gasteiger partial charge in [-0.25, -0.2) is 8.42 Å². The molecule has 1 saturated carbocycles. The summed E-state index contributed by atoms with van der Waals surface area (Å²) in [6.45, 7) is 3.66. The van der Waals surface area contributed by atoms with Crippen LogP contribution in [0, 0.1) is 0 Å². The van der Waals surface area contributed by atoms with Crippen LogP contribution in [0.25, 0.3) is 0 Å². The first kappa shape index (κ1) is 25.2. The predicted octanol–water partition coefficient (Wildman–Crippen LogP) is 4.36. The van der Waals surface area contributed by atoms with E-state index in [1.165, 1.54) is 22.5 Å². The summed E-state index contributed by atoms with van der Waals surface area (Å²) in [6, 6.07) is 13.6. The molecule has 3 rings (SSSR count). The number of hydrogen-bond donors (Lipinski definition) is 1. The summed E-state index contributed by atoms with van der Waals surface area (Å²) in [5.74, 6) is -1.02. The summed E-state index contributed by atoms with van der Waals surface area (Å²) in [5.41, 5.74) is 0.298. The SMILES string of the molecule is CCN(CC)S(=O)(=O)c1ccc(Cl)c(NC(=O)COC(=O)C2(c3ccccc3)CCCC2)c1. The van der Waals surface area contributed by atoms with E-state index in [0.29, 0.717) is 25.9 Å². The van der Waals surface area contributed by atoms with Gasteiger partial charge < -0.3 is 10.1 Å². The molecule has 9 heteroatoms. The smallest absolute Gasteiger partial charge is 0.317 e. The maximum Gasteiger partial charge on any atom is 0.317 e. The summed E-state index contributed by atoms with van der Waals surface area (Å²) < 4.78 is 32.3. The van der Waals surface area contributed by atoms with Crippen molar-refractivity contribution in [3.8, 4) is 0 Å². The normalized spacial score (nSPS) is 15.4. The second-order valence-corrected chi connectivity index (χ2v) is 10.4. The highest BCUT2D eigenvalue weighted by Crippen LogP contribution is 2.42. The first-order valence-corrected chi connectivity index (χ1v) is 12.9. The van der Waals surface area contributed by atoms with E-state index in [2.05, 4.69) is 5.32 Å². The van der Waals surface area contributed by atoms with E-state index in [1.807, 2.05) is 30.3 Å². The van der Waals surface area contributed by atoms with Crippen LogP contribution in [-0.2, 0) is 29.8 Å². The average molecular weight is 493 g/mol. The fraction of sp³-hybridized carbons (Fsp3) is 0.417. The van der Waals surface area contributed by atoms with E-state index in [0.717, 1.165) is 18.4 Å². The molecule has 0 aromatic heterocycles. The number of anilines is 1. The Bertz CT molecular complexity index is 1100. The van der Waals surface area contributed by atoms with Crippen molar-refractivity contribution in [3.05, 3.63) is 59.1 Å². The molecule has 2 aromatic rings. The Morgan fingerprint density at radius 3 is 2.30 bits per heavy atom. The van der Waals surface area contributed by atoms with Gasteiger partial charge in [0.05, 0.1) is 21.0 Å². The maximum atomic E-state index is 13.0. The van der Waals surface area contributed by atoms with Crippen LogP contribution in [0.2, 0.25) is 5.02 Å². The number of sulfonamides is 1. The molecule has 0 atom stereocenters. The van der Waals surface area contributed by atoms with Crippen molar-refractivity contribution >= 4 is 39.2 Å². The molecule has 1 aliphatic rings. The Balaban J connectivity index is 1.70. The van der Waals surface area contributed by atoms with Gasteiger partial charge in [-0.05, 0) is 36.6 Å². The molecule has 7 nitrogen and oxygen atoms in total. The molecule has 1 N–H and O–H groups in total. The fourth-order valence-corrected chi connectivity index (χ4v) is 5.92. The molecule has 33 heavy (non-hydrogen) atoms. The quantitative estimate of drug-likeness (QED) is 0.525. The van der Waals surface area contributed by atoms with Crippen molar-refractivity contribution in [3.63, 3.8) is 0 Å². The van der Waals surface area contributed by atoms with Crippen LogP contribution in [0.4, 0.5) is 5.69 Å². The Morgan fingerprint density at radius 2 is 1.70 bits per heavy atom. The number of esters is 1. The third kappa shape index (κ3) is 5.39. The molecule has 0 spiro atoms.